The number of sulfone groups is 1. The zero-order valence-corrected chi connectivity index (χ0v) is 18.6. The van der Waals surface area contributed by atoms with Crippen molar-refractivity contribution in [3.63, 3.8) is 0 Å². The minimum absolute atomic E-state index is 0.0973. The van der Waals surface area contributed by atoms with Gasteiger partial charge in [-0.05, 0) is 63.6 Å². The summed E-state index contributed by atoms with van der Waals surface area (Å²) in [4.78, 5) is 12.0. The fourth-order valence-corrected chi connectivity index (χ4v) is 6.47. The summed E-state index contributed by atoms with van der Waals surface area (Å²) in [5.41, 5.74) is -0.969. The third-order valence-electron chi connectivity index (χ3n) is 6.69. The van der Waals surface area contributed by atoms with Crippen molar-refractivity contribution in [3.05, 3.63) is 29.8 Å². The molecule has 2 N–H and O–H groups in total. The normalized spacial score (nSPS) is 25.9. The highest BCUT2D eigenvalue weighted by atomic mass is 32.2. The Morgan fingerprint density at radius 1 is 1.06 bits per heavy atom. The van der Waals surface area contributed by atoms with Gasteiger partial charge in [0, 0.05) is 12.1 Å². The Bertz CT molecular complexity index is 872. The summed E-state index contributed by atoms with van der Waals surface area (Å²) in [6.45, 7) is 1.84. The first-order valence-electron chi connectivity index (χ1n) is 11.0. The molecule has 1 aromatic carbocycles. The van der Waals surface area contributed by atoms with Gasteiger partial charge in [0.1, 0.15) is 0 Å². The molecule has 1 amide bonds. The van der Waals surface area contributed by atoms with Crippen LogP contribution < -0.4 is 10.6 Å². The van der Waals surface area contributed by atoms with Gasteiger partial charge in [0.05, 0.1) is 21.8 Å². The average molecular weight is 461 g/mol. The van der Waals surface area contributed by atoms with Crippen LogP contribution in [0.2, 0.25) is 0 Å². The van der Waals surface area contributed by atoms with E-state index in [1.807, 2.05) is 0 Å². The summed E-state index contributed by atoms with van der Waals surface area (Å²) in [6.07, 6.45) is 2.70. The molecule has 0 heterocycles. The first-order valence-corrected chi connectivity index (χ1v) is 12.4. The lowest BCUT2D eigenvalue weighted by Gasteiger charge is -2.37. The minimum Gasteiger partial charge on any atom is -0.352 e. The molecule has 9 heteroatoms. The molecular formula is C22H31F3N2O3S. The molecule has 3 rings (SSSR count). The first kappa shape index (κ1) is 24.0. The first-order chi connectivity index (χ1) is 14.5. The van der Waals surface area contributed by atoms with Crippen molar-refractivity contribution < 1.29 is 26.4 Å². The summed E-state index contributed by atoms with van der Waals surface area (Å²) in [5.74, 6) is -0.0973. The molecule has 1 aromatic rings. The van der Waals surface area contributed by atoms with E-state index in [1.54, 1.807) is 6.92 Å². The maximum Gasteiger partial charge on any atom is 0.416 e. The molecular weight excluding hydrogens is 429 g/mol. The highest BCUT2D eigenvalue weighted by molar-refractivity contribution is 7.92. The van der Waals surface area contributed by atoms with Crippen molar-refractivity contribution in [3.8, 4) is 0 Å². The molecule has 2 aliphatic rings. The summed E-state index contributed by atoms with van der Waals surface area (Å²) in [7, 11) is -3.95. The number of hydrogen-bond acceptors (Lipinski definition) is 4. The molecule has 0 atom stereocenters. The van der Waals surface area contributed by atoms with Crippen LogP contribution in [0.1, 0.15) is 70.3 Å². The fourth-order valence-electron chi connectivity index (χ4n) is 4.59. The molecule has 5 nitrogen and oxygen atoms in total. The minimum atomic E-state index is -4.60. The smallest absolute Gasteiger partial charge is 0.352 e. The van der Waals surface area contributed by atoms with Gasteiger partial charge in [-0.2, -0.15) is 13.2 Å². The number of alkyl halides is 3. The van der Waals surface area contributed by atoms with Gasteiger partial charge in [-0.3, -0.25) is 4.79 Å². The molecule has 174 valence electrons. The van der Waals surface area contributed by atoms with Crippen LogP contribution in [-0.2, 0) is 20.8 Å². The second-order valence-corrected chi connectivity index (χ2v) is 11.5. The fraction of sp³-hybridized carbons (Fsp3) is 0.682. The van der Waals surface area contributed by atoms with Crippen LogP contribution >= 0.6 is 0 Å². The summed E-state index contributed by atoms with van der Waals surface area (Å²) < 4.78 is 64.1. The molecule has 0 bridgehead atoms. The topological polar surface area (TPSA) is 75.3 Å². The van der Waals surface area contributed by atoms with Crippen LogP contribution in [0.4, 0.5) is 13.2 Å². The molecule has 0 unspecified atom stereocenters. The quantitative estimate of drug-likeness (QED) is 0.667. The van der Waals surface area contributed by atoms with Crippen molar-refractivity contribution in [1.29, 1.82) is 0 Å². The number of carbonyl (C=O) groups excluding carboxylic acids is 1. The van der Waals surface area contributed by atoms with E-state index < -0.39 is 26.3 Å². The lowest BCUT2D eigenvalue weighted by Crippen LogP contribution is -2.48. The van der Waals surface area contributed by atoms with Gasteiger partial charge in [-0.25, -0.2) is 8.42 Å². The van der Waals surface area contributed by atoms with Crippen LogP contribution in [0.3, 0.4) is 0 Å². The van der Waals surface area contributed by atoms with Gasteiger partial charge in [-0.1, -0.05) is 25.3 Å². The van der Waals surface area contributed by atoms with Crippen molar-refractivity contribution in [2.45, 2.75) is 92.6 Å². The van der Waals surface area contributed by atoms with E-state index in [0.29, 0.717) is 24.9 Å². The number of hydrogen-bond donors (Lipinski definition) is 2. The number of halogens is 3. The lowest BCUT2D eigenvalue weighted by atomic mass is 9.86. The van der Waals surface area contributed by atoms with Gasteiger partial charge < -0.3 is 10.6 Å². The van der Waals surface area contributed by atoms with E-state index in [2.05, 4.69) is 10.6 Å². The monoisotopic (exact) mass is 460 g/mol. The van der Waals surface area contributed by atoms with Crippen LogP contribution in [0.15, 0.2) is 29.2 Å². The molecule has 0 aliphatic heterocycles. The Balaban J connectivity index is 1.56. The van der Waals surface area contributed by atoms with Crippen LogP contribution in [0, 0.1) is 0 Å². The molecule has 31 heavy (non-hydrogen) atoms. The van der Waals surface area contributed by atoms with Gasteiger partial charge in [0.25, 0.3) is 0 Å². The predicted octanol–water partition coefficient (Wildman–Crippen LogP) is 4.22. The number of rotatable bonds is 6. The van der Waals surface area contributed by atoms with Crippen LogP contribution in [0.25, 0.3) is 0 Å². The Hall–Kier alpha value is -1.61. The number of amides is 1. The van der Waals surface area contributed by atoms with Crippen LogP contribution in [0.5, 0.6) is 0 Å². The zero-order chi connectivity index (χ0) is 22.7. The Kier molecular flexibility index (Phi) is 7.35. The predicted molar refractivity (Wildman–Crippen MR) is 112 cm³/mol. The lowest BCUT2D eigenvalue weighted by molar-refractivity contribution is -0.137. The largest absolute Gasteiger partial charge is 0.416 e. The highest BCUT2D eigenvalue weighted by Gasteiger charge is 2.44. The third-order valence-corrected chi connectivity index (χ3v) is 9.27. The number of benzene rings is 1. The van der Waals surface area contributed by atoms with E-state index >= 15 is 0 Å². The van der Waals surface area contributed by atoms with E-state index in [0.717, 1.165) is 25.0 Å². The van der Waals surface area contributed by atoms with Gasteiger partial charge in [0.15, 0.2) is 9.84 Å². The summed E-state index contributed by atoms with van der Waals surface area (Å²) in [5, 5.41) is 6.26. The second kappa shape index (κ2) is 9.48. The zero-order valence-electron chi connectivity index (χ0n) is 17.8. The molecule has 2 saturated carbocycles. The average Bonchev–Trinajstić information content (AvgIpc) is 2.74. The Morgan fingerprint density at radius 2 is 1.71 bits per heavy atom. The molecule has 2 aliphatic carbocycles. The summed E-state index contributed by atoms with van der Waals surface area (Å²) in [6, 6.07) is 4.20. The number of nitrogens with one attached hydrogen (secondary N) is 2. The van der Waals surface area contributed by atoms with Crippen molar-refractivity contribution in [2.24, 2.45) is 0 Å². The molecule has 2 fully saturated rings. The Morgan fingerprint density at radius 3 is 2.32 bits per heavy atom. The standard InChI is InChI=1S/C22H31F3N2O3S/c1-21(31(29,30)19-9-5-6-16(14-19)22(23,24)25)12-10-18(11-13-21)27-20(28)15-26-17-7-3-2-4-8-17/h5-6,9,14,17-18,26H,2-4,7-8,10-13,15H2,1H3,(H,27,28). The van der Waals surface area contributed by atoms with Crippen molar-refractivity contribution in [1.82, 2.24) is 10.6 Å². The van der Waals surface area contributed by atoms with Gasteiger partial charge in [0.2, 0.25) is 5.91 Å². The van der Waals surface area contributed by atoms with Crippen molar-refractivity contribution in [2.75, 3.05) is 6.54 Å². The van der Waals surface area contributed by atoms with E-state index in [1.165, 1.54) is 25.3 Å². The molecule has 0 saturated heterocycles. The van der Waals surface area contributed by atoms with Gasteiger partial charge >= 0.3 is 6.18 Å². The molecule has 0 spiro atoms. The van der Waals surface area contributed by atoms with Crippen LogP contribution in [-0.4, -0.2) is 37.7 Å². The maximum absolute atomic E-state index is 13.1. The van der Waals surface area contributed by atoms with E-state index in [4.69, 9.17) is 0 Å². The highest BCUT2D eigenvalue weighted by Crippen LogP contribution is 2.40. The molecule has 0 aromatic heterocycles. The Labute approximate surface area is 182 Å². The van der Waals surface area contributed by atoms with E-state index in [9.17, 15) is 26.4 Å². The van der Waals surface area contributed by atoms with Crippen molar-refractivity contribution >= 4 is 15.7 Å². The maximum atomic E-state index is 13.1. The number of carbonyl (C=O) groups is 1. The second-order valence-electron chi connectivity index (χ2n) is 9.04. The summed E-state index contributed by atoms with van der Waals surface area (Å²) >= 11 is 0. The third kappa shape index (κ3) is 5.80. The van der Waals surface area contributed by atoms with Gasteiger partial charge in [-0.15, -0.1) is 0 Å². The van der Waals surface area contributed by atoms with E-state index in [-0.39, 0.29) is 36.2 Å². The molecule has 0 radical (unpaired) electrons. The SMILES string of the molecule is CC1(S(=O)(=O)c2cccc(C(F)(F)F)c2)CCC(NC(=O)CNC2CCCCC2)CC1.